The summed E-state index contributed by atoms with van der Waals surface area (Å²) in [6.45, 7) is 0. The summed E-state index contributed by atoms with van der Waals surface area (Å²) >= 11 is 0. The van der Waals surface area contributed by atoms with Gasteiger partial charge in [0.2, 0.25) is 0 Å². The van der Waals surface area contributed by atoms with Crippen LogP contribution < -0.4 is 28.2 Å². The predicted octanol–water partition coefficient (Wildman–Crippen LogP) is -18.0. The zero-order chi connectivity index (χ0) is 0. The van der Waals surface area contributed by atoms with Crippen LogP contribution in [0.25, 0.3) is 0 Å². The molecule has 1 radical (unpaired) electrons. The molecule has 0 bridgehead atoms. The van der Waals surface area contributed by atoms with Crippen LogP contribution in [0.1, 0.15) is 0 Å². The Hall–Kier alpha value is 2.20. The van der Waals surface area contributed by atoms with Crippen molar-refractivity contribution in [2.75, 3.05) is 0 Å². The van der Waals surface area contributed by atoms with E-state index in [0.29, 0.717) is 0 Å². The smallest absolute Gasteiger partial charge is 1.00 e. The van der Waals surface area contributed by atoms with E-state index in [1.54, 1.807) is 0 Å². The molecular formula is F6YYb. The fourth-order valence-electron chi connectivity index (χ4n) is 0. The van der Waals surface area contributed by atoms with Gasteiger partial charge in [-0.1, -0.05) is 0 Å². The third-order valence-electron chi connectivity index (χ3n) is 0. The van der Waals surface area contributed by atoms with E-state index >= 15 is 0 Å². The van der Waals surface area contributed by atoms with Gasteiger partial charge in [-0.05, 0) is 0 Å². The van der Waals surface area contributed by atoms with E-state index in [4.69, 9.17) is 0 Å². The van der Waals surface area contributed by atoms with Crippen molar-refractivity contribution >= 4 is 0 Å². The SMILES string of the molecule is [F-].[F-].[F-].[F-].[F-].[F-].[Y+3].[Yb+3]. The van der Waals surface area contributed by atoms with Gasteiger partial charge in [-0.3, -0.25) is 0 Å². The molecule has 0 aliphatic heterocycles. The molecular weight excluding hydrogens is 376 g/mol. The number of hydrogen-bond donors (Lipinski definition) is 0. The van der Waals surface area contributed by atoms with Crippen LogP contribution in [0.4, 0.5) is 0 Å². The second-order valence-corrected chi connectivity index (χ2v) is 0. The quantitative estimate of drug-likeness (QED) is 0.369. The molecule has 0 saturated heterocycles. The zero-order valence-corrected chi connectivity index (χ0v) is 7.67. The largest absolute Gasteiger partial charge is 3.00 e. The summed E-state index contributed by atoms with van der Waals surface area (Å²) in [4.78, 5) is 0. The molecule has 0 atom stereocenters. The van der Waals surface area contributed by atoms with E-state index in [0.717, 1.165) is 0 Å². The summed E-state index contributed by atoms with van der Waals surface area (Å²) in [6.07, 6.45) is 0. The molecule has 0 aromatic carbocycles. The minimum Gasteiger partial charge on any atom is -1.00 e. The molecule has 0 saturated carbocycles. The molecule has 0 nitrogen and oxygen atoms in total. The molecule has 0 unspecified atom stereocenters. The van der Waals surface area contributed by atoms with Gasteiger partial charge in [-0.15, -0.1) is 0 Å². The Labute approximate surface area is 106 Å². The third kappa shape index (κ3) is 87.7. The minimum atomic E-state index is 0. The molecule has 0 aromatic rings. The summed E-state index contributed by atoms with van der Waals surface area (Å²) < 4.78 is 0. The Morgan fingerprint density at radius 3 is 0.375 bits per heavy atom. The molecule has 0 rings (SSSR count). The van der Waals surface area contributed by atoms with Gasteiger partial charge in [0.1, 0.15) is 0 Å². The van der Waals surface area contributed by atoms with E-state index < -0.39 is 0 Å². The van der Waals surface area contributed by atoms with E-state index in [-0.39, 0.29) is 108 Å². The third-order valence-corrected chi connectivity index (χ3v) is 0. The molecule has 0 N–H and O–H groups in total. The fraction of sp³-hybridized carbons (Fsp3) is 0. The van der Waals surface area contributed by atoms with Crippen molar-refractivity contribution in [3.63, 3.8) is 0 Å². The van der Waals surface area contributed by atoms with Gasteiger partial charge in [-0.25, -0.2) is 0 Å². The van der Waals surface area contributed by atoms with Gasteiger partial charge >= 0.3 is 79.6 Å². The van der Waals surface area contributed by atoms with Crippen molar-refractivity contribution in [2.45, 2.75) is 0 Å². The number of hydrogen-bond acceptors (Lipinski definition) is 0. The van der Waals surface area contributed by atoms with E-state index in [1.807, 2.05) is 0 Å². The summed E-state index contributed by atoms with van der Waals surface area (Å²) in [5, 5.41) is 0. The van der Waals surface area contributed by atoms with Crippen LogP contribution in [-0.4, -0.2) is 0 Å². The summed E-state index contributed by atoms with van der Waals surface area (Å²) in [5.41, 5.74) is 0. The monoisotopic (exact) mass is 377 g/mol. The van der Waals surface area contributed by atoms with E-state index in [9.17, 15) is 0 Å². The average molecular weight is 376 g/mol. The van der Waals surface area contributed by atoms with Crippen LogP contribution in [0, 0.1) is 46.9 Å². The molecule has 59 valence electrons. The van der Waals surface area contributed by atoms with Crippen molar-refractivity contribution in [1.29, 1.82) is 0 Å². The molecule has 0 spiro atoms. The molecule has 0 aliphatic carbocycles. The molecule has 8 heavy (non-hydrogen) atoms. The van der Waals surface area contributed by atoms with Crippen LogP contribution in [0.2, 0.25) is 0 Å². The minimum absolute atomic E-state index is 0. The first-order chi connectivity index (χ1) is 0. The van der Waals surface area contributed by atoms with Crippen LogP contribution in [0.15, 0.2) is 0 Å². The van der Waals surface area contributed by atoms with Gasteiger partial charge in [0.25, 0.3) is 0 Å². The topological polar surface area (TPSA) is 0 Å². The predicted molar refractivity (Wildman–Crippen MR) is 0 cm³/mol. The maximum absolute atomic E-state index is 0. The normalized spacial score (nSPS) is 0. The van der Waals surface area contributed by atoms with Gasteiger partial charge in [0.05, 0.1) is 0 Å². The summed E-state index contributed by atoms with van der Waals surface area (Å²) in [6, 6.07) is 0. The summed E-state index contributed by atoms with van der Waals surface area (Å²) in [5.74, 6) is 0. The number of rotatable bonds is 0. The number of halogens is 6. The maximum Gasteiger partial charge on any atom is 3.00 e. The Bertz CT molecular complexity index is 8.49. The molecule has 0 heterocycles. The van der Waals surface area contributed by atoms with E-state index in [2.05, 4.69) is 0 Å². The summed E-state index contributed by atoms with van der Waals surface area (Å²) in [7, 11) is 0. The van der Waals surface area contributed by atoms with Crippen molar-refractivity contribution in [3.05, 3.63) is 0 Å². The van der Waals surface area contributed by atoms with Crippen LogP contribution in [-0.2, 0) is 32.7 Å². The zero-order valence-electron chi connectivity index (χ0n) is 3.11. The Morgan fingerprint density at radius 2 is 0.375 bits per heavy atom. The van der Waals surface area contributed by atoms with Crippen molar-refractivity contribution < 1.29 is 108 Å². The van der Waals surface area contributed by atoms with Gasteiger partial charge < -0.3 is 28.2 Å². The van der Waals surface area contributed by atoms with Crippen LogP contribution in [0.3, 0.4) is 0 Å². The first kappa shape index (κ1) is 178. The van der Waals surface area contributed by atoms with Crippen LogP contribution >= 0.6 is 0 Å². The molecule has 8 heteroatoms. The second-order valence-electron chi connectivity index (χ2n) is 0. The fourth-order valence-corrected chi connectivity index (χ4v) is 0. The molecule has 0 aliphatic rings. The Kier molecular flexibility index (Phi) is 2840. The maximum atomic E-state index is 0. The van der Waals surface area contributed by atoms with Crippen molar-refractivity contribution in [2.24, 2.45) is 0 Å². The first-order valence-electron chi connectivity index (χ1n) is 0. The van der Waals surface area contributed by atoms with Crippen LogP contribution in [0.5, 0.6) is 0 Å². The Balaban J connectivity index is 0. The van der Waals surface area contributed by atoms with Gasteiger partial charge in [0, 0.05) is 0 Å². The van der Waals surface area contributed by atoms with Gasteiger partial charge in [-0.2, -0.15) is 0 Å². The standard InChI is InChI=1S/6FH.Y.Yb/h6*1H;;/q;;;;;;2*+3/p-6. The van der Waals surface area contributed by atoms with Crippen molar-refractivity contribution in [1.82, 2.24) is 0 Å². The van der Waals surface area contributed by atoms with Crippen molar-refractivity contribution in [3.8, 4) is 0 Å². The Morgan fingerprint density at radius 1 is 0.375 bits per heavy atom. The first-order valence-corrected chi connectivity index (χ1v) is 0. The molecule has 0 aromatic heterocycles. The second kappa shape index (κ2) is 128. The van der Waals surface area contributed by atoms with Gasteiger partial charge in [0.15, 0.2) is 0 Å². The molecule has 0 fully saturated rings. The van der Waals surface area contributed by atoms with E-state index in [1.165, 1.54) is 0 Å². The average Bonchev–Trinajstić information content (AvgIpc) is 0. The molecule has 0 amide bonds.